The molecule has 2 N–H and O–H groups in total. The zero-order chi connectivity index (χ0) is 10.6. The molecule has 80 valence electrons. The van der Waals surface area contributed by atoms with E-state index >= 15 is 0 Å². The molecule has 14 heavy (non-hydrogen) atoms. The van der Waals surface area contributed by atoms with Crippen molar-refractivity contribution in [2.24, 2.45) is 12.8 Å². The highest BCUT2D eigenvalue weighted by Gasteiger charge is 2.21. The van der Waals surface area contributed by atoms with E-state index in [9.17, 15) is 0 Å². The van der Waals surface area contributed by atoms with Crippen LogP contribution in [0.1, 0.15) is 31.6 Å². The highest BCUT2D eigenvalue weighted by Crippen LogP contribution is 2.17. The van der Waals surface area contributed by atoms with Crippen molar-refractivity contribution in [2.75, 3.05) is 7.11 Å². The molecular weight excluding hydrogens is 178 g/mol. The number of aryl methyl sites for hydroxylation is 1. The van der Waals surface area contributed by atoms with Crippen LogP contribution in [-0.2, 0) is 11.8 Å². The van der Waals surface area contributed by atoms with Gasteiger partial charge in [0.1, 0.15) is 5.82 Å². The van der Waals surface area contributed by atoms with Crippen LogP contribution in [0.5, 0.6) is 0 Å². The fraction of sp³-hybridized carbons (Fsp3) is 0.700. The van der Waals surface area contributed by atoms with Crippen molar-refractivity contribution >= 4 is 0 Å². The molecule has 1 rings (SSSR count). The lowest BCUT2D eigenvalue weighted by atomic mass is 10.1. The van der Waals surface area contributed by atoms with Crippen LogP contribution < -0.4 is 5.73 Å². The first-order valence-corrected chi connectivity index (χ1v) is 4.96. The normalized spacial score (nSPS) is 15.4. The molecule has 1 aromatic rings. The van der Waals surface area contributed by atoms with Crippen LogP contribution >= 0.6 is 0 Å². The summed E-state index contributed by atoms with van der Waals surface area (Å²) in [6.45, 7) is 2.12. The third kappa shape index (κ3) is 2.33. The van der Waals surface area contributed by atoms with Crippen LogP contribution in [0.15, 0.2) is 12.4 Å². The first kappa shape index (κ1) is 11.2. The molecule has 0 saturated heterocycles. The lowest BCUT2D eigenvalue weighted by Gasteiger charge is -2.21. The van der Waals surface area contributed by atoms with Gasteiger partial charge < -0.3 is 15.0 Å². The van der Waals surface area contributed by atoms with Gasteiger partial charge in [-0.15, -0.1) is 0 Å². The van der Waals surface area contributed by atoms with Gasteiger partial charge in [-0.3, -0.25) is 0 Å². The quantitative estimate of drug-likeness (QED) is 0.772. The Kier molecular flexibility index (Phi) is 4.10. The average Bonchev–Trinajstić information content (AvgIpc) is 2.59. The summed E-state index contributed by atoms with van der Waals surface area (Å²) in [5, 5.41) is 0. The van der Waals surface area contributed by atoms with Crippen molar-refractivity contribution < 1.29 is 4.74 Å². The number of hydrogen-bond donors (Lipinski definition) is 1. The molecule has 2 unspecified atom stereocenters. The van der Waals surface area contributed by atoms with E-state index in [1.165, 1.54) is 0 Å². The molecule has 4 nitrogen and oxygen atoms in total. The number of methoxy groups -OCH3 is 1. The molecule has 0 fully saturated rings. The number of nitrogens with two attached hydrogens (primary N) is 1. The number of aromatic nitrogens is 2. The van der Waals surface area contributed by atoms with Crippen molar-refractivity contribution in [1.29, 1.82) is 0 Å². The van der Waals surface area contributed by atoms with Crippen LogP contribution in [0, 0.1) is 0 Å². The molecule has 0 aliphatic rings. The van der Waals surface area contributed by atoms with Gasteiger partial charge in [-0.25, -0.2) is 4.98 Å². The van der Waals surface area contributed by atoms with Crippen molar-refractivity contribution in [1.82, 2.24) is 9.55 Å². The Hall–Kier alpha value is -0.870. The Balaban J connectivity index is 2.72. The van der Waals surface area contributed by atoms with E-state index in [2.05, 4.69) is 11.9 Å². The average molecular weight is 197 g/mol. The topological polar surface area (TPSA) is 53.1 Å². The lowest BCUT2D eigenvalue weighted by molar-refractivity contribution is 0.0694. The molecule has 4 heteroatoms. The summed E-state index contributed by atoms with van der Waals surface area (Å²) < 4.78 is 7.29. The summed E-state index contributed by atoms with van der Waals surface area (Å²) in [5.41, 5.74) is 6.07. The van der Waals surface area contributed by atoms with Gasteiger partial charge in [0.2, 0.25) is 0 Å². The maximum Gasteiger partial charge on any atom is 0.128 e. The Morgan fingerprint density at radius 3 is 2.79 bits per heavy atom. The van der Waals surface area contributed by atoms with Crippen molar-refractivity contribution in [3.05, 3.63) is 18.2 Å². The highest BCUT2D eigenvalue weighted by molar-refractivity contribution is 5.00. The second-order valence-electron chi connectivity index (χ2n) is 3.48. The maximum atomic E-state index is 6.07. The predicted molar refractivity (Wildman–Crippen MR) is 55.8 cm³/mol. The van der Waals surface area contributed by atoms with Crippen molar-refractivity contribution in [3.8, 4) is 0 Å². The molecule has 0 bridgehead atoms. The number of rotatable bonds is 5. The molecule has 0 radical (unpaired) electrons. The number of nitrogens with zero attached hydrogens (tertiary/aromatic N) is 2. The van der Waals surface area contributed by atoms with Gasteiger partial charge in [-0.05, 0) is 6.42 Å². The third-order valence-electron chi connectivity index (χ3n) is 2.43. The second-order valence-corrected chi connectivity index (χ2v) is 3.48. The molecule has 0 aliphatic carbocycles. The van der Waals surface area contributed by atoms with E-state index in [0.717, 1.165) is 18.7 Å². The molecule has 1 aromatic heterocycles. The Labute approximate surface area is 85.1 Å². The number of ether oxygens (including phenoxy) is 1. The number of imidazole rings is 1. The Morgan fingerprint density at radius 2 is 2.36 bits per heavy atom. The summed E-state index contributed by atoms with van der Waals surface area (Å²) in [7, 11) is 3.64. The van der Waals surface area contributed by atoms with Gasteiger partial charge in [-0.2, -0.15) is 0 Å². The smallest absolute Gasteiger partial charge is 0.128 e. The van der Waals surface area contributed by atoms with Gasteiger partial charge in [0, 0.05) is 26.6 Å². The van der Waals surface area contributed by atoms with E-state index in [4.69, 9.17) is 10.5 Å². The van der Waals surface area contributed by atoms with Crippen LogP contribution in [0.3, 0.4) is 0 Å². The number of hydrogen-bond acceptors (Lipinski definition) is 3. The van der Waals surface area contributed by atoms with Crippen LogP contribution in [-0.4, -0.2) is 22.8 Å². The minimum atomic E-state index is -0.139. The Morgan fingerprint density at radius 1 is 1.64 bits per heavy atom. The van der Waals surface area contributed by atoms with Gasteiger partial charge in [0.15, 0.2) is 0 Å². The molecule has 0 saturated carbocycles. The second kappa shape index (κ2) is 5.12. The van der Waals surface area contributed by atoms with E-state index in [1.54, 1.807) is 13.3 Å². The zero-order valence-electron chi connectivity index (χ0n) is 9.10. The lowest BCUT2D eigenvalue weighted by Crippen LogP contribution is -2.30. The van der Waals surface area contributed by atoms with Crippen LogP contribution in [0.25, 0.3) is 0 Å². The fourth-order valence-corrected chi connectivity index (χ4v) is 1.59. The monoisotopic (exact) mass is 197 g/mol. The Bertz CT molecular complexity index is 272. The van der Waals surface area contributed by atoms with Gasteiger partial charge in [-0.1, -0.05) is 13.3 Å². The first-order chi connectivity index (χ1) is 6.70. The fourth-order valence-electron chi connectivity index (χ4n) is 1.59. The van der Waals surface area contributed by atoms with Crippen LogP contribution in [0.4, 0.5) is 0 Å². The van der Waals surface area contributed by atoms with Crippen molar-refractivity contribution in [2.45, 2.75) is 31.9 Å². The minimum Gasteiger partial charge on any atom is -0.379 e. The van der Waals surface area contributed by atoms with Crippen LogP contribution in [0.2, 0.25) is 0 Å². The van der Waals surface area contributed by atoms with E-state index in [1.807, 2.05) is 17.8 Å². The van der Waals surface area contributed by atoms with E-state index in [-0.39, 0.29) is 12.1 Å². The molecular formula is C10H19N3O. The van der Waals surface area contributed by atoms with Gasteiger partial charge in [0.05, 0.1) is 12.1 Å². The summed E-state index contributed by atoms with van der Waals surface area (Å²) in [6, 6.07) is -0.139. The summed E-state index contributed by atoms with van der Waals surface area (Å²) in [5.74, 6) is 0.880. The summed E-state index contributed by atoms with van der Waals surface area (Å²) in [6.07, 6.45) is 5.74. The standard InChI is InChI=1S/C10H19N3O/c1-4-5-8(14-3)9(11)10-12-6-7-13(10)2/h6-9H,4-5,11H2,1-3H3. The molecule has 0 amide bonds. The van der Waals surface area contributed by atoms with Gasteiger partial charge in [0.25, 0.3) is 0 Å². The molecule has 1 heterocycles. The highest BCUT2D eigenvalue weighted by atomic mass is 16.5. The predicted octanol–water partition coefficient (Wildman–Crippen LogP) is 1.24. The third-order valence-corrected chi connectivity index (χ3v) is 2.43. The minimum absolute atomic E-state index is 0.0566. The summed E-state index contributed by atoms with van der Waals surface area (Å²) >= 11 is 0. The SMILES string of the molecule is CCCC(OC)C(N)c1nccn1C. The largest absolute Gasteiger partial charge is 0.379 e. The van der Waals surface area contributed by atoms with Gasteiger partial charge >= 0.3 is 0 Å². The van der Waals surface area contributed by atoms with E-state index < -0.39 is 0 Å². The summed E-state index contributed by atoms with van der Waals surface area (Å²) in [4.78, 5) is 4.22. The van der Waals surface area contributed by atoms with Crippen molar-refractivity contribution in [3.63, 3.8) is 0 Å². The molecule has 0 aliphatic heterocycles. The first-order valence-electron chi connectivity index (χ1n) is 4.96. The zero-order valence-corrected chi connectivity index (χ0v) is 9.10. The molecule has 0 spiro atoms. The van der Waals surface area contributed by atoms with E-state index in [0.29, 0.717) is 0 Å². The molecule has 0 aromatic carbocycles. The maximum absolute atomic E-state index is 6.07. The molecule has 2 atom stereocenters.